The van der Waals surface area contributed by atoms with Gasteiger partial charge in [-0.2, -0.15) is 5.10 Å². The first-order valence-electron chi connectivity index (χ1n) is 4.11. The summed E-state index contributed by atoms with van der Waals surface area (Å²) in [5, 5.41) is 9.30. The van der Waals surface area contributed by atoms with Gasteiger partial charge in [0, 0.05) is 22.8 Å². The number of aromatic nitrogens is 3. The van der Waals surface area contributed by atoms with E-state index < -0.39 is 0 Å². The summed E-state index contributed by atoms with van der Waals surface area (Å²) in [6.45, 7) is 0. The molecule has 3 nitrogen and oxygen atoms in total. The van der Waals surface area contributed by atoms with Gasteiger partial charge in [0.25, 0.3) is 0 Å². The van der Waals surface area contributed by atoms with Gasteiger partial charge in [-0.25, -0.2) is 0 Å². The minimum absolute atomic E-state index is 0.427. The van der Waals surface area contributed by atoms with Crippen LogP contribution in [-0.4, -0.2) is 14.8 Å². The zero-order valence-corrected chi connectivity index (χ0v) is 10.1. The lowest BCUT2D eigenvalue weighted by Crippen LogP contribution is -1.94. The second kappa shape index (κ2) is 3.96. The minimum Gasteiger partial charge on any atom is -0.740 e. The number of hydrogen-bond acceptors (Lipinski definition) is 3. The van der Waals surface area contributed by atoms with Crippen molar-refractivity contribution in [2.24, 2.45) is 7.05 Å². The third kappa shape index (κ3) is 1.93. The molecule has 0 atom stereocenters. The van der Waals surface area contributed by atoms with Crippen LogP contribution in [0.1, 0.15) is 0 Å². The topological polar surface area (TPSA) is 30.7 Å². The van der Waals surface area contributed by atoms with Gasteiger partial charge in [0.2, 0.25) is 0 Å². The summed E-state index contributed by atoms with van der Waals surface area (Å²) in [7, 11) is 1.79. The number of nitrogens with zero attached hydrogens (tertiary/aromatic N) is 3. The molecule has 15 heavy (non-hydrogen) atoms. The molecule has 6 heteroatoms. The number of hydrogen-bond donors (Lipinski definition) is 0. The van der Waals surface area contributed by atoms with Crippen LogP contribution in [0, 0.1) is 0 Å². The van der Waals surface area contributed by atoms with Crippen LogP contribution in [0.2, 0.25) is 10.0 Å². The molecule has 0 fully saturated rings. The first kappa shape index (κ1) is 10.7. The maximum absolute atomic E-state index is 6.05. The highest BCUT2D eigenvalue weighted by Gasteiger charge is 2.09. The molecule has 0 aliphatic carbocycles. The van der Waals surface area contributed by atoms with Gasteiger partial charge in [0.1, 0.15) is 0 Å². The molecule has 0 bridgehead atoms. The van der Waals surface area contributed by atoms with Gasteiger partial charge in [-0.15, -0.1) is 5.10 Å². The third-order valence-electron chi connectivity index (χ3n) is 2.01. The molecule has 1 heterocycles. The fourth-order valence-corrected chi connectivity index (χ4v) is 1.84. The van der Waals surface area contributed by atoms with E-state index in [2.05, 4.69) is 10.2 Å². The molecule has 0 N–H and O–H groups in total. The van der Waals surface area contributed by atoms with Crippen molar-refractivity contribution < 1.29 is 0 Å². The molecular formula is C9H6Cl2N3S-. The van der Waals surface area contributed by atoms with Crippen LogP contribution < -0.4 is 0 Å². The fraction of sp³-hybridized carbons (Fsp3) is 0.111. The summed E-state index contributed by atoms with van der Waals surface area (Å²) in [4.78, 5) is 0. The summed E-state index contributed by atoms with van der Waals surface area (Å²) < 4.78 is 1.70. The summed E-state index contributed by atoms with van der Waals surface area (Å²) >= 11 is 16.8. The van der Waals surface area contributed by atoms with Crippen molar-refractivity contribution >= 4 is 35.8 Å². The van der Waals surface area contributed by atoms with E-state index in [1.54, 1.807) is 29.8 Å². The lowest BCUT2D eigenvalue weighted by atomic mass is 10.2. The van der Waals surface area contributed by atoms with Gasteiger partial charge in [0.15, 0.2) is 5.82 Å². The molecule has 0 spiro atoms. The van der Waals surface area contributed by atoms with Crippen LogP contribution in [0.4, 0.5) is 0 Å². The Morgan fingerprint density at radius 2 is 2.00 bits per heavy atom. The molecule has 0 amide bonds. The lowest BCUT2D eigenvalue weighted by molar-refractivity contribution is 0.797. The number of rotatable bonds is 1. The van der Waals surface area contributed by atoms with Crippen molar-refractivity contribution in [3.05, 3.63) is 28.2 Å². The van der Waals surface area contributed by atoms with Gasteiger partial charge in [0.05, 0.1) is 5.02 Å². The van der Waals surface area contributed by atoms with E-state index in [1.165, 1.54) is 0 Å². The number of benzene rings is 1. The fourth-order valence-electron chi connectivity index (χ4n) is 1.22. The molecule has 0 saturated heterocycles. The first-order valence-corrected chi connectivity index (χ1v) is 5.28. The Morgan fingerprint density at radius 3 is 2.53 bits per heavy atom. The quantitative estimate of drug-likeness (QED) is 0.738. The predicted octanol–water partition coefficient (Wildman–Crippen LogP) is 2.69. The molecule has 1 aromatic heterocycles. The Balaban J connectivity index is 2.59. The Morgan fingerprint density at radius 1 is 1.27 bits per heavy atom. The van der Waals surface area contributed by atoms with E-state index >= 15 is 0 Å². The highest BCUT2D eigenvalue weighted by Crippen LogP contribution is 2.28. The van der Waals surface area contributed by atoms with Crippen LogP contribution in [0.15, 0.2) is 23.4 Å². The van der Waals surface area contributed by atoms with Gasteiger partial charge < -0.3 is 17.2 Å². The van der Waals surface area contributed by atoms with Crippen molar-refractivity contribution in [3.63, 3.8) is 0 Å². The molecule has 0 saturated carbocycles. The average molecular weight is 259 g/mol. The molecule has 0 aliphatic heterocycles. The van der Waals surface area contributed by atoms with Crippen molar-refractivity contribution in [2.75, 3.05) is 0 Å². The third-order valence-corrected chi connectivity index (χ3v) is 2.91. The van der Waals surface area contributed by atoms with Crippen LogP contribution in [0.3, 0.4) is 0 Å². The Hall–Kier alpha value is -0.840. The van der Waals surface area contributed by atoms with E-state index in [1.807, 2.05) is 0 Å². The monoisotopic (exact) mass is 258 g/mol. The summed E-state index contributed by atoms with van der Waals surface area (Å²) in [5.74, 6) is 0.640. The van der Waals surface area contributed by atoms with E-state index in [-0.39, 0.29) is 0 Å². The molecule has 2 aromatic rings. The van der Waals surface area contributed by atoms with Gasteiger partial charge in [-0.3, -0.25) is 0 Å². The van der Waals surface area contributed by atoms with Crippen molar-refractivity contribution in [1.29, 1.82) is 0 Å². The molecule has 0 aliphatic rings. The Bertz CT molecular complexity index is 510. The molecule has 1 aromatic carbocycles. The maximum atomic E-state index is 6.05. The Labute approximate surface area is 102 Å². The van der Waals surface area contributed by atoms with E-state index in [0.717, 1.165) is 5.56 Å². The SMILES string of the molecule is Cn1c([S-])nnc1-c1ccc(Cl)cc1Cl. The molecule has 2 rings (SSSR count). The van der Waals surface area contributed by atoms with Crippen LogP contribution in [0.25, 0.3) is 11.4 Å². The first-order chi connectivity index (χ1) is 7.09. The normalized spacial score (nSPS) is 10.6. The van der Waals surface area contributed by atoms with Gasteiger partial charge in [-0.05, 0) is 18.2 Å². The highest BCUT2D eigenvalue weighted by molar-refractivity contribution is 7.58. The van der Waals surface area contributed by atoms with E-state index in [0.29, 0.717) is 21.0 Å². The zero-order chi connectivity index (χ0) is 11.0. The highest BCUT2D eigenvalue weighted by atomic mass is 35.5. The molecular weight excluding hydrogens is 253 g/mol. The van der Waals surface area contributed by atoms with Crippen LogP contribution in [0.5, 0.6) is 0 Å². The predicted molar refractivity (Wildman–Crippen MR) is 62.1 cm³/mol. The second-order valence-electron chi connectivity index (χ2n) is 2.99. The average Bonchev–Trinajstić information content (AvgIpc) is 2.49. The molecule has 0 radical (unpaired) electrons. The minimum atomic E-state index is 0.427. The van der Waals surface area contributed by atoms with Crippen molar-refractivity contribution in [2.45, 2.75) is 5.16 Å². The summed E-state index contributed by atoms with van der Waals surface area (Å²) in [6, 6.07) is 5.21. The summed E-state index contributed by atoms with van der Waals surface area (Å²) in [6.07, 6.45) is 0. The van der Waals surface area contributed by atoms with Crippen LogP contribution >= 0.6 is 23.2 Å². The zero-order valence-electron chi connectivity index (χ0n) is 7.74. The van der Waals surface area contributed by atoms with Crippen molar-refractivity contribution in [3.8, 4) is 11.4 Å². The van der Waals surface area contributed by atoms with Crippen molar-refractivity contribution in [1.82, 2.24) is 14.8 Å². The van der Waals surface area contributed by atoms with Crippen LogP contribution in [-0.2, 0) is 19.7 Å². The smallest absolute Gasteiger partial charge is 0.163 e. The Kier molecular flexibility index (Phi) is 2.82. The standard InChI is InChI=1S/C9H7Cl2N3S/c1-14-8(12-13-9(14)15)6-3-2-5(10)4-7(6)11/h2-4H,1H3,(H,13,15)/p-1. The van der Waals surface area contributed by atoms with Gasteiger partial charge >= 0.3 is 0 Å². The second-order valence-corrected chi connectivity index (χ2v) is 4.20. The molecule has 78 valence electrons. The van der Waals surface area contributed by atoms with E-state index in [9.17, 15) is 0 Å². The molecule has 0 unspecified atom stereocenters. The largest absolute Gasteiger partial charge is 0.740 e. The summed E-state index contributed by atoms with van der Waals surface area (Å²) in [5.41, 5.74) is 0.771. The number of halogens is 2. The lowest BCUT2D eigenvalue weighted by Gasteiger charge is -2.07. The van der Waals surface area contributed by atoms with E-state index in [4.69, 9.17) is 35.8 Å². The maximum Gasteiger partial charge on any atom is 0.163 e. The van der Waals surface area contributed by atoms with Gasteiger partial charge in [-0.1, -0.05) is 23.2 Å².